The first-order valence-electron chi connectivity index (χ1n) is 10.9. The van der Waals surface area contributed by atoms with E-state index in [0.29, 0.717) is 12.5 Å². The van der Waals surface area contributed by atoms with Crippen LogP contribution in [0.1, 0.15) is 48.6 Å². The van der Waals surface area contributed by atoms with Gasteiger partial charge in [0.15, 0.2) is 5.13 Å². The van der Waals surface area contributed by atoms with E-state index in [2.05, 4.69) is 21.3 Å². The molecule has 0 saturated carbocycles. The van der Waals surface area contributed by atoms with Gasteiger partial charge in [-0.3, -0.25) is 9.69 Å². The van der Waals surface area contributed by atoms with E-state index < -0.39 is 0 Å². The molecule has 2 aliphatic rings. The number of piperidine rings is 2. The molecule has 0 bridgehead atoms. The number of anilines is 2. The molecule has 0 aromatic carbocycles. The third kappa shape index (κ3) is 4.99. The van der Waals surface area contributed by atoms with Gasteiger partial charge < -0.3 is 15.3 Å². The predicted molar refractivity (Wildman–Crippen MR) is 119 cm³/mol. The van der Waals surface area contributed by atoms with Gasteiger partial charge in [0.1, 0.15) is 5.82 Å². The lowest BCUT2D eigenvalue weighted by Gasteiger charge is -2.39. The lowest BCUT2D eigenvalue weighted by molar-refractivity contribution is -0.139. The maximum Gasteiger partial charge on any atom is 0.239 e. The minimum absolute atomic E-state index is 0.0603. The zero-order valence-corrected chi connectivity index (χ0v) is 18.4. The van der Waals surface area contributed by atoms with Gasteiger partial charge in [0.25, 0.3) is 0 Å². The third-order valence-electron chi connectivity index (χ3n) is 6.14. The fraction of sp³-hybridized carbons (Fsp3) is 0.591. The summed E-state index contributed by atoms with van der Waals surface area (Å²) in [6.07, 6.45) is 6.85. The number of pyridine rings is 1. The summed E-state index contributed by atoms with van der Waals surface area (Å²) in [4.78, 5) is 27.6. The summed E-state index contributed by atoms with van der Waals surface area (Å²) in [6, 6.07) is 6.04. The standard InChI is InChI=1S/C22H31N5O2S/c1-16-15-23-22(30-16)25-20-7-4-5-18(24-20)17-8-11-27(12-9-17)21(29)19-6-2-3-10-26(19)13-14-28/h4-5,7,15,17,19,28H,2-3,6,8-14H2,1H3,(H,23,24,25)/t19-/m1/s1. The van der Waals surface area contributed by atoms with E-state index in [0.717, 1.165) is 68.4 Å². The monoisotopic (exact) mass is 429 g/mol. The Morgan fingerprint density at radius 1 is 1.23 bits per heavy atom. The maximum absolute atomic E-state index is 13.1. The number of nitrogens with zero attached hydrogens (tertiary/aromatic N) is 4. The van der Waals surface area contributed by atoms with E-state index in [9.17, 15) is 9.90 Å². The number of thiazole rings is 1. The number of likely N-dealkylation sites (tertiary alicyclic amines) is 2. The second kappa shape index (κ2) is 9.85. The Hall–Kier alpha value is -2.03. The summed E-state index contributed by atoms with van der Waals surface area (Å²) in [6.45, 7) is 5.21. The van der Waals surface area contributed by atoms with Crippen molar-refractivity contribution < 1.29 is 9.90 Å². The van der Waals surface area contributed by atoms with Gasteiger partial charge in [-0.15, -0.1) is 11.3 Å². The second-order valence-corrected chi connectivity index (χ2v) is 9.45. The Balaban J connectivity index is 1.35. The number of carbonyl (C=O) groups is 1. The van der Waals surface area contributed by atoms with E-state index in [4.69, 9.17) is 4.98 Å². The van der Waals surface area contributed by atoms with Gasteiger partial charge in [-0.1, -0.05) is 12.5 Å². The Morgan fingerprint density at radius 2 is 2.07 bits per heavy atom. The van der Waals surface area contributed by atoms with Crippen LogP contribution in [0.15, 0.2) is 24.4 Å². The molecule has 0 unspecified atom stereocenters. The maximum atomic E-state index is 13.1. The number of hydrogen-bond donors (Lipinski definition) is 2. The average molecular weight is 430 g/mol. The molecule has 4 rings (SSSR count). The summed E-state index contributed by atoms with van der Waals surface area (Å²) >= 11 is 1.62. The Bertz CT molecular complexity index is 848. The topological polar surface area (TPSA) is 81.6 Å². The number of aliphatic hydroxyl groups excluding tert-OH is 1. The third-order valence-corrected chi connectivity index (χ3v) is 6.97. The molecule has 4 heterocycles. The number of nitrogens with one attached hydrogen (secondary N) is 1. The van der Waals surface area contributed by atoms with Crippen LogP contribution >= 0.6 is 11.3 Å². The smallest absolute Gasteiger partial charge is 0.239 e. The number of aliphatic hydroxyl groups is 1. The van der Waals surface area contributed by atoms with Crippen LogP contribution in [-0.4, -0.2) is 69.6 Å². The van der Waals surface area contributed by atoms with E-state index in [-0.39, 0.29) is 18.6 Å². The first kappa shape index (κ1) is 21.2. The Kier molecular flexibility index (Phi) is 6.97. The molecule has 162 valence electrons. The molecule has 0 radical (unpaired) electrons. The number of aromatic nitrogens is 2. The number of carbonyl (C=O) groups excluding carboxylic acids is 1. The van der Waals surface area contributed by atoms with Crippen molar-refractivity contribution in [3.05, 3.63) is 35.0 Å². The quantitative estimate of drug-likeness (QED) is 0.734. The molecule has 7 nitrogen and oxygen atoms in total. The zero-order valence-electron chi connectivity index (χ0n) is 17.6. The van der Waals surface area contributed by atoms with Crippen molar-refractivity contribution in [2.75, 3.05) is 38.1 Å². The first-order chi connectivity index (χ1) is 14.6. The van der Waals surface area contributed by atoms with Gasteiger partial charge in [-0.2, -0.15) is 0 Å². The van der Waals surface area contributed by atoms with Crippen LogP contribution in [0, 0.1) is 6.92 Å². The summed E-state index contributed by atoms with van der Waals surface area (Å²) in [5.41, 5.74) is 1.08. The average Bonchev–Trinajstić information content (AvgIpc) is 3.19. The van der Waals surface area contributed by atoms with Crippen molar-refractivity contribution in [1.29, 1.82) is 0 Å². The molecule has 2 fully saturated rings. The van der Waals surface area contributed by atoms with Crippen molar-refractivity contribution in [1.82, 2.24) is 19.8 Å². The highest BCUT2D eigenvalue weighted by Crippen LogP contribution is 2.30. The minimum Gasteiger partial charge on any atom is -0.395 e. The highest BCUT2D eigenvalue weighted by molar-refractivity contribution is 7.15. The fourth-order valence-corrected chi connectivity index (χ4v) is 5.22. The molecular weight excluding hydrogens is 398 g/mol. The number of rotatable bonds is 6. The van der Waals surface area contributed by atoms with Crippen molar-refractivity contribution in [3.8, 4) is 0 Å². The lowest BCUT2D eigenvalue weighted by Crippen LogP contribution is -2.53. The van der Waals surface area contributed by atoms with Gasteiger partial charge in [-0.25, -0.2) is 9.97 Å². The number of hydrogen-bond acceptors (Lipinski definition) is 7. The molecule has 1 amide bonds. The van der Waals surface area contributed by atoms with Crippen molar-refractivity contribution in [2.45, 2.75) is 51.0 Å². The van der Waals surface area contributed by atoms with Crippen LogP contribution in [-0.2, 0) is 4.79 Å². The molecular formula is C22H31N5O2S. The van der Waals surface area contributed by atoms with Crippen molar-refractivity contribution in [2.24, 2.45) is 0 Å². The number of amides is 1. The molecule has 2 N–H and O–H groups in total. The summed E-state index contributed by atoms with van der Waals surface area (Å²) < 4.78 is 0. The van der Waals surface area contributed by atoms with Crippen LogP contribution in [0.3, 0.4) is 0 Å². The molecule has 2 aromatic rings. The molecule has 0 spiro atoms. The number of β-amino-alcohol motifs (C(OH)–C–C–N with tert-alkyl or cyclic N) is 1. The van der Waals surface area contributed by atoms with Crippen LogP contribution in [0.4, 0.5) is 10.9 Å². The second-order valence-electron chi connectivity index (χ2n) is 8.22. The van der Waals surface area contributed by atoms with Gasteiger partial charge in [0.05, 0.1) is 12.6 Å². The van der Waals surface area contributed by atoms with Crippen LogP contribution in [0.25, 0.3) is 0 Å². The molecule has 0 aliphatic carbocycles. The van der Waals surface area contributed by atoms with Crippen LogP contribution in [0.5, 0.6) is 0 Å². The highest BCUT2D eigenvalue weighted by Gasteiger charge is 2.33. The molecule has 2 aromatic heterocycles. The van der Waals surface area contributed by atoms with Gasteiger partial charge >= 0.3 is 0 Å². The molecule has 1 atom stereocenters. The van der Waals surface area contributed by atoms with E-state index in [1.165, 1.54) is 4.88 Å². The Labute approximate surface area is 182 Å². The normalized spacial score (nSPS) is 21.0. The molecule has 30 heavy (non-hydrogen) atoms. The molecule has 8 heteroatoms. The van der Waals surface area contributed by atoms with Gasteiger partial charge in [0.2, 0.25) is 5.91 Å². The zero-order chi connectivity index (χ0) is 20.9. The largest absolute Gasteiger partial charge is 0.395 e. The van der Waals surface area contributed by atoms with Crippen molar-refractivity contribution in [3.63, 3.8) is 0 Å². The number of aryl methyl sites for hydroxylation is 1. The highest BCUT2D eigenvalue weighted by atomic mass is 32.1. The molecule has 2 saturated heterocycles. The minimum atomic E-state index is -0.0603. The Morgan fingerprint density at radius 3 is 2.80 bits per heavy atom. The van der Waals surface area contributed by atoms with Crippen molar-refractivity contribution >= 4 is 28.2 Å². The van der Waals surface area contributed by atoms with Gasteiger partial charge in [-0.05, 0) is 51.3 Å². The van der Waals surface area contributed by atoms with E-state index >= 15 is 0 Å². The van der Waals surface area contributed by atoms with E-state index in [1.807, 2.05) is 30.2 Å². The van der Waals surface area contributed by atoms with Crippen LogP contribution in [0.2, 0.25) is 0 Å². The summed E-state index contributed by atoms with van der Waals surface area (Å²) in [5, 5.41) is 13.5. The van der Waals surface area contributed by atoms with Gasteiger partial charge in [0, 0.05) is 42.3 Å². The lowest BCUT2D eigenvalue weighted by atomic mass is 9.92. The summed E-state index contributed by atoms with van der Waals surface area (Å²) in [5.74, 6) is 1.43. The van der Waals surface area contributed by atoms with E-state index in [1.54, 1.807) is 11.3 Å². The fourth-order valence-electron chi connectivity index (χ4n) is 4.54. The van der Waals surface area contributed by atoms with Crippen LogP contribution < -0.4 is 5.32 Å². The molecule has 2 aliphatic heterocycles. The predicted octanol–water partition coefficient (Wildman–Crippen LogP) is 3.14. The SMILES string of the molecule is Cc1cnc(Nc2cccc(C3CCN(C(=O)[C@H]4CCCCN4CCO)CC3)n2)s1. The summed E-state index contributed by atoms with van der Waals surface area (Å²) in [7, 11) is 0. The first-order valence-corrected chi connectivity index (χ1v) is 11.8.